The molecular formula is C12H13NOSi. The van der Waals surface area contributed by atoms with Crippen molar-refractivity contribution < 1.29 is 4.42 Å². The molecule has 2 aromatic heterocycles. The molecule has 2 rings (SSSR count). The Labute approximate surface area is 90.3 Å². The molecule has 0 aliphatic carbocycles. The average Bonchev–Trinajstić information content (AvgIpc) is 2.56. The molecule has 15 heavy (non-hydrogen) atoms. The molecule has 2 aromatic rings. The smallest absolute Gasteiger partial charge is 0.227 e. The molecule has 0 aliphatic heterocycles. The summed E-state index contributed by atoms with van der Waals surface area (Å²) in [5.41, 5.74) is 3.93. The van der Waals surface area contributed by atoms with Gasteiger partial charge >= 0.3 is 0 Å². The van der Waals surface area contributed by atoms with E-state index in [1.807, 2.05) is 18.2 Å². The first-order valence-electron chi connectivity index (χ1n) is 4.92. The third-order valence-electron chi connectivity index (χ3n) is 1.85. The van der Waals surface area contributed by atoms with E-state index in [1.54, 1.807) is 6.20 Å². The Hall–Kier alpha value is -1.53. The summed E-state index contributed by atoms with van der Waals surface area (Å²) in [5, 5.41) is 1.01. The second-order valence-electron chi connectivity index (χ2n) is 4.51. The number of aromatic nitrogens is 1. The van der Waals surface area contributed by atoms with Crippen LogP contribution in [0.3, 0.4) is 0 Å². The molecule has 0 aromatic carbocycles. The third kappa shape index (κ3) is 2.48. The summed E-state index contributed by atoms with van der Waals surface area (Å²) >= 11 is 0. The molecule has 3 heteroatoms. The van der Waals surface area contributed by atoms with Crippen molar-refractivity contribution in [3.63, 3.8) is 0 Å². The zero-order valence-electron chi connectivity index (χ0n) is 9.16. The predicted molar refractivity (Wildman–Crippen MR) is 64.2 cm³/mol. The monoisotopic (exact) mass is 215 g/mol. The van der Waals surface area contributed by atoms with Gasteiger partial charge in [0.2, 0.25) is 5.71 Å². The standard InChI is InChI=1S/C12H13NOSi/c1-15(2,3)8-6-11-9-10-5-4-7-13-12(10)14-11/h4-5,7,9H,1-3H3. The summed E-state index contributed by atoms with van der Waals surface area (Å²) in [5.74, 6) is 3.79. The van der Waals surface area contributed by atoms with Gasteiger partial charge in [0.25, 0.3) is 0 Å². The van der Waals surface area contributed by atoms with Crippen LogP contribution in [-0.4, -0.2) is 13.1 Å². The Morgan fingerprint density at radius 1 is 1.33 bits per heavy atom. The Kier molecular flexibility index (Phi) is 2.37. The van der Waals surface area contributed by atoms with Crippen molar-refractivity contribution in [2.75, 3.05) is 0 Å². The van der Waals surface area contributed by atoms with E-state index >= 15 is 0 Å². The van der Waals surface area contributed by atoms with Crippen molar-refractivity contribution in [3.8, 4) is 11.5 Å². The molecule has 0 amide bonds. The minimum absolute atomic E-state index is 0.664. The zero-order chi connectivity index (χ0) is 10.9. The van der Waals surface area contributed by atoms with E-state index in [9.17, 15) is 0 Å². The Balaban J connectivity index is 2.41. The Bertz CT molecular complexity index is 507. The first-order valence-corrected chi connectivity index (χ1v) is 8.42. The fourth-order valence-corrected chi connectivity index (χ4v) is 1.68. The number of fused-ring (bicyclic) bond motifs is 1. The van der Waals surface area contributed by atoms with Gasteiger partial charge in [0.1, 0.15) is 8.07 Å². The van der Waals surface area contributed by atoms with Crippen molar-refractivity contribution in [2.45, 2.75) is 19.6 Å². The van der Waals surface area contributed by atoms with Crippen LogP contribution in [0.1, 0.15) is 5.76 Å². The molecule has 2 nitrogen and oxygen atoms in total. The fourth-order valence-electron chi connectivity index (χ4n) is 1.18. The van der Waals surface area contributed by atoms with Crippen LogP contribution in [0.15, 0.2) is 28.8 Å². The predicted octanol–water partition coefficient (Wildman–Crippen LogP) is 3.06. The van der Waals surface area contributed by atoms with Crippen LogP contribution in [0.5, 0.6) is 0 Å². The van der Waals surface area contributed by atoms with Gasteiger partial charge in [0.15, 0.2) is 5.76 Å². The second-order valence-corrected chi connectivity index (χ2v) is 9.26. The molecule has 2 heterocycles. The SMILES string of the molecule is C[Si](C)(C)C#Cc1cc2cccnc2o1. The third-order valence-corrected chi connectivity index (χ3v) is 2.73. The maximum Gasteiger partial charge on any atom is 0.227 e. The summed E-state index contributed by atoms with van der Waals surface area (Å²) in [7, 11) is -1.33. The minimum atomic E-state index is -1.33. The largest absolute Gasteiger partial charge is 0.429 e. The van der Waals surface area contributed by atoms with Crippen molar-refractivity contribution in [3.05, 3.63) is 30.2 Å². The highest BCUT2D eigenvalue weighted by Gasteiger charge is 2.08. The Morgan fingerprint density at radius 3 is 2.80 bits per heavy atom. The van der Waals surface area contributed by atoms with Crippen LogP contribution in [-0.2, 0) is 0 Å². The number of hydrogen-bond donors (Lipinski definition) is 0. The summed E-state index contributed by atoms with van der Waals surface area (Å²) in [6, 6.07) is 5.81. The van der Waals surface area contributed by atoms with Gasteiger partial charge in [0.05, 0.1) is 0 Å². The molecule has 76 valence electrons. The first kappa shape index (κ1) is 10.0. The molecule has 0 fully saturated rings. The van der Waals surface area contributed by atoms with Crippen LogP contribution >= 0.6 is 0 Å². The molecule has 0 N–H and O–H groups in total. The first-order chi connectivity index (χ1) is 7.04. The van der Waals surface area contributed by atoms with Crippen LogP contribution in [0, 0.1) is 11.5 Å². The van der Waals surface area contributed by atoms with Gasteiger partial charge in [-0.25, -0.2) is 4.98 Å². The van der Waals surface area contributed by atoms with E-state index in [0.717, 1.165) is 5.39 Å². The van der Waals surface area contributed by atoms with Crippen molar-refractivity contribution in [1.29, 1.82) is 0 Å². The normalized spacial score (nSPS) is 11.1. The lowest BCUT2D eigenvalue weighted by Crippen LogP contribution is -2.16. The quantitative estimate of drug-likeness (QED) is 0.498. The summed E-state index contributed by atoms with van der Waals surface area (Å²) < 4.78 is 5.50. The van der Waals surface area contributed by atoms with Crippen LogP contribution in [0.25, 0.3) is 11.1 Å². The highest BCUT2D eigenvalue weighted by molar-refractivity contribution is 6.83. The molecule has 0 atom stereocenters. The lowest BCUT2D eigenvalue weighted by atomic mass is 10.3. The number of nitrogens with zero attached hydrogens (tertiary/aromatic N) is 1. The van der Waals surface area contributed by atoms with E-state index in [2.05, 4.69) is 36.1 Å². The van der Waals surface area contributed by atoms with Gasteiger partial charge < -0.3 is 4.42 Å². The van der Waals surface area contributed by atoms with Gasteiger partial charge in [-0.3, -0.25) is 0 Å². The molecule has 0 aliphatic rings. The van der Waals surface area contributed by atoms with Crippen LogP contribution in [0.4, 0.5) is 0 Å². The van der Waals surface area contributed by atoms with Crippen molar-refractivity contribution in [1.82, 2.24) is 4.98 Å². The molecule has 0 saturated carbocycles. The molecule has 0 saturated heterocycles. The zero-order valence-corrected chi connectivity index (χ0v) is 10.2. The summed E-state index contributed by atoms with van der Waals surface area (Å²) in [6.45, 7) is 6.63. The number of pyridine rings is 1. The number of rotatable bonds is 0. The fraction of sp³-hybridized carbons (Fsp3) is 0.250. The van der Waals surface area contributed by atoms with Crippen molar-refractivity contribution >= 4 is 19.2 Å². The molecule has 0 spiro atoms. The molecule has 0 radical (unpaired) electrons. The Morgan fingerprint density at radius 2 is 2.13 bits per heavy atom. The molecular weight excluding hydrogens is 202 g/mol. The average molecular weight is 215 g/mol. The second kappa shape index (κ2) is 3.56. The van der Waals surface area contributed by atoms with Crippen LogP contribution < -0.4 is 0 Å². The van der Waals surface area contributed by atoms with Gasteiger partial charge in [-0.1, -0.05) is 19.6 Å². The number of furan rings is 1. The molecule has 0 bridgehead atoms. The highest BCUT2D eigenvalue weighted by atomic mass is 28.3. The summed E-state index contributed by atoms with van der Waals surface area (Å²) in [4.78, 5) is 4.12. The lowest BCUT2D eigenvalue weighted by molar-refractivity contribution is 0.589. The lowest BCUT2D eigenvalue weighted by Gasteiger charge is -2.02. The van der Waals surface area contributed by atoms with Gasteiger partial charge in [0, 0.05) is 17.6 Å². The van der Waals surface area contributed by atoms with Crippen LogP contribution in [0.2, 0.25) is 19.6 Å². The molecule has 0 unspecified atom stereocenters. The van der Waals surface area contributed by atoms with E-state index in [1.165, 1.54) is 0 Å². The van der Waals surface area contributed by atoms with Crippen molar-refractivity contribution in [2.24, 2.45) is 0 Å². The number of hydrogen-bond acceptors (Lipinski definition) is 2. The minimum Gasteiger partial charge on any atom is -0.429 e. The summed E-state index contributed by atoms with van der Waals surface area (Å²) in [6.07, 6.45) is 1.72. The van der Waals surface area contributed by atoms with Gasteiger partial charge in [-0.2, -0.15) is 0 Å². The van der Waals surface area contributed by atoms with Gasteiger partial charge in [-0.15, -0.1) is 5.54 Å². The maximum absolute atomic E-state index is 5.50. The van der Waals surface area contributed by atoms with E-state index in [0.29, 0.717) is 11.5 Å². The topological polar surface area (TPSA) is 26.0 Å². The maximum atomic E-state index is 5.50. The van der Waals surface area contributed by atoms with Gasteiger partial charge in [-0.05, 0) is 18.1 Å². The van der Waals surface area contributed by atoms with E-state index in [-0.39, 0.29) is 0 Å². The highest BCUT2D eigenvalue weighted by Crippen LogP contribution is 2.15. The van der Waals surface area contributed by atoms with E-state index < -0.39 is 8.07 Å². The van der Waals surface area contributed by atoms with E-state index in [4.69, 9.17) is 4.42 Å².